The molecule has 0 aliphatic carbocycles. The van der Waals surface area contributed by atoms with Gasteiger partial charge in [0.15, 0.2) is 5.11 Å². The van der Waals surface area contributed by atoms with Crippen molar-refractivity contribution in [2.45, 2.75) is 18.9 Å². The molecular weight excluding hydrogens is 524 g/mol. The molecule has 3 aromatic rings. The van der Waals surface area contributed by atoms with E-state index in [0.29, 0.717) is 40.1 Å². The summed E-state index contributed by atoms with van der Waals surface area (Å²) in [6.45, 7) is 0.337. The lowest BCUT2D eigenvalue weighted by atomic mass is 10.1. The summed E-state index contributed by atoms with van der Waals surface area (Å²) in [5, 5.41) is 4.06. The predicted molar refractivity (Wildman–Crippen MR) is 143 cm³/mol. The number of benzene rings is 3. The molecule has 1 fully saturated rings. The van der Waals surface area contributed by atoms with E-state index in [0.717, 1.165) is 5.56 Å². The van der Waals surface area contributed by atoms with Gasteiger partial charge in [-0.2, -0.15) is 0 Å². The van der Waals surface area contributed by atoms with Crippen molar-refractivity contribution in [2.24, 2.45) is 0 Å². The normalized spacial score (nSPS) is 15.4. The van der Waals surface area contributed by atoms with Crippen LogP contribution in [0, 0.1) is 5.82 Å². The molecule has 0 aromatic heterocycles. The Bertz CT molecular complexity index is 1290. The maximum Gasteiger partial charge on any atom is 0.256 e. The first-order chi connectivity index (χ1) is 17.3. The Morgan fingerprint density at radius 3 is 2.42 bits per heavy atom. The molecule has 0 saturated carbocycles. The number of hydrogen-bond donors (Lipinski definition) is 1. The zero-order valence-electron chi connectivity index (χ0n) is 19.2. The SMILES string of the molecule is COc1ccc(NC(=O)C[C@@H]2C(=O)N(c3ccc(F)cc3)C(=S)N2CCc2ccc(Cl)cc2Cl)cc1. The number of hydrogen-bond acceptors (Lipinski definition) is 4. The third-order valence-corrected chi connectivity index (χ3v) is 6.80. The highest BCUT2D eigenvalue weighted by molar-refractivity contribution is 7.80. The highest BCUT2D eigenvalue weighted by Crippen LogP contribution is 2.29. The number of carbonyl (C=O) groups is 2. The summed E-state index contributed by atoms with van der Waals surface area (Å²) in [5.41, 5.74) is 1.83. The lowest BCUT2D eigenvalue weighted by molar-refractivity contribution is -0.124. The van der Waals surface area contributed by atoms with Crippen LogP contribution in [-0.2, 0) is 16.0 Å². The first-order valence-electron chi connectivity index (χ1n) is 11.0. The standard InChI is InChI=1S/C26H22Cl2FN3O3S/c1-35-21-10-6-19(7-11-21)30-24(33)15-23-25(34)32(20-8-4-18(29)5-9-20)26(36)31(23)13-12-16-2-3-17(27)14-22(16)28/h2-11,14,23H,12-13,15H2,1H3,(H,30,33)/t23-/m1/s1. The molecule has 1 heterocycles. The second kappa shape index (κ2) is 11.2. The van der Waals surface area contributed by atoms with Crippen LogP contribution in [0.15, 0.2) is 66.7 Å². The van der Waals surface area contributed by atoms with Crippen LogP contribution in [0.2, 0.25) is 10.0 Å². The summed E-state index contributed by atoms with van der Waals surface area (Å²) >= 11 is 18.0. The molecule has 1 saturated heterocycles. The fourth-order valence-corrected chi connectivity index (χ4v) is 4.86. The summed E-state index contributed by atoms with van der Waals surface area (Å²) in [6.07, 6.45) is 0.342. The number of ether oxygens (including phenoxy) is 1. The molecule has 1 atom stereocenters. The molecule has 2 amide bonds. The molecule has 36 heavy (non-hydrogen) atoms. The first-order valence-corrected chi connectivity index (χ1v) is 12.2. The van der Waals surface area contributed by atoms with Gasteiger partial charge in [-0.05, 0) is 84.9 Å². The fraction of sp³-hybridized carbons (Fsp3) is 0.192. The van der Waals surface area contributed by atoms with Gasteiger partial charge in [-0.25, -0.2) is 4.39 Å². The van der Waals surface area contributed by atoms with Crippen LogP contribution in [0.4, 0.5) is 15.8 Å². The van der Waals surface area contributed by atoms with Gasteiger partial charge in [0.2, 0.25) is 5.91 Å². The van der Waals surface area contributed by atoms with Gasteiger partial charge in [0.05, 0.1) is 19.2 Å². The highest BCUT2D eigenvalue weighted by atomic mass is 35.5. The minimum Gasteiger partial charge on any atom is -0.497 e. The average Bonchev–Trinajstić information content (AvgIpc) is 3.08. The molecule has 0 bridgehead atoms. The average molecular weight is 546 g/mol. The van der Waals surface area contributed by atoms with Gasteiger partial charge >= 0.3 is 0 Å². The van der Waals surface area contributed by atoms with Gasteiger partial charge < -0.3 is 15.0 Å². The van der Waals surface area contributed by atoms with Gasteiger partial charge in [0, 0.05) is 22.3 Å². The van der Waals surface area contributed by atoms with E-state index in [1.807, 2.05) is 6.07 Å². The molecule has 3 aromatic carbocycles. The molecule has 1 aliphatic heterocycles. The van der Waals surface area contributed by atoms with Crippen LogP contribution in [0.1, 0.15) is 12.0 Å². The monoisotopic (exact) mass is 545 g/mol. The molecule has 6 nitrogen and oxygen atoms in total. The molecule has 1 aliphatic rings. The maximum absolute atomic E-state index is 13.5. The number of rotatable bonds is 8. The smallest absolute Gasteiger partial charge is 0.256 e. The van der Waals surface area contributed by atoms with E-state index in [2.05, 4.69) is 5.32 Å². The zero-order chi connectivity index (χ0) is 25.8. The summed E-state index contributed by atoms with van der Waals surface area (Å²) in [5.74, 6) is -0.484. The Morgan fingerprint density at radius 2 is 1.78 bits per heavy atom. The van der Waals surface area contributed by atoms with Crippen molar-refractivity contribution >= 4 is 63.7 Å². The maximum atomic E-state index is 13.5. The summed E-state index contributed by atoms with van der Waals surface area (Å²) < 4.78 is 18.6. The van der Waals surface area contributed by atoms with Gasteiger partial charge in [0.25, 0.3) is 5.91 Å². The van der Waals surface area contributed by atoms with Crippen LogP contribution in [0.25, 0.3) is 0 Å². The molecule has 0 radical (unpaired) electrons. The quantitative estimate of drug-likeness (QED) is 0.367. The minimum absolute atomic E-state index is 0.128. The van der Waals surface area contributed by atoms with Crippen LogP contribution < -0.4 is 15.0 Å². The lowest BCUT2D eigenvalue weighted by Crippen LogP contribution is -2.39. The van der Waals surface area contributed by atoms with Crippen molar-refractivity contribution in [3.05, 3.63) is 88.2 Å². The van der Waals surface area contributed by atoms with Crippen molar-refractivity contribution in [1.29, 1.82) is 0 Å². The fourth-order valence-electron chi connectivity index (χ4n) is 3.94. The second-order valence-electron chi connectivity index (χ2n) is 8.11. The van der Waals surface area contributed by atoms with Crippen molar-refractivity contribution in [1.82, 2.24) is 4.90 Å². The third-order valence-electron chi connectivity index (χ3n) is 5.79. The molecule has 186 valence electrons. The van der Waals surface area contributed by atoms with Crippen LogP contribution in [-0.4, -0.2) is 41.5 Å². The van der Waals surface area contributed by atoms with E-state index in [-0.39, 0.29) is 23.3 Å². The summed E-state index contributed by atoms with van der Waals surface area (Å²) in [4.78, 5) is 29.4. The molecule has 10 heteroatoms. The lowest BCUT2D eigenvalue weighted by Gasteiger charge is -2.24. The summed E-state index contributed by atoms with van der Waals surface area (Å²) in [7, 11) is 1.56. The Morgan fingerprint density at radius 1 is 1.08 bits per heavy atom. The van der Waals surface area contributed by atoms with Crippen molar-refractivity contribution < 1.29 is 18.7 Å². The van der Waals surface area contributed by atoms with E-state index in [9.17, 15) is 14.0 Å². The van der Waals surface area contributed by atoms with Gasteiger partial charge in [-0.1, -0.05) is 29.3 Å². The van der Waals surface area contributed by atoms with Crippen LogP contribution >= 0.6 is 35.4 Å². The Hall–Kier alpha value is -3.20. The van der Waals surface area contributed by atoms with E-state index in [1.165, 1.54) is 29.2 Å². The number of thiocarbonyl (C=S) groups is 1. The Labute approximate surface area is 223 Å². The molecule has 4 rings (SSSR count). The topological polar surface area (TPSA) is 61.9 Å². The Kier molecular flexibility index (Phi) is 8.08. The minimum atomic E-state index is -0.841. The summed E-state index contributed by atoms with van der Waals surface area (Å²) in [6, 6.07) is 16.7. The van der Waals surface area contributed by atoms with Gasteiger partial charge in [0.1, 0.15) is 17.6 Å². The number of nitrogens with zero attached hydrogens (tertiary/aromatic N) is 2. The molecule has 1 N–H and O–H groups in total. The molecule has 0 unspecified atom stereocenters. The number of carbonyl (C=O) groups excluding carboxylic acids is 2. The number of amides is 2. The largest absolute Gasteiger partial charge is 0.497 e. The number of anilines is 2. The second-order valence-corrected chi connectivity index (χ2v) is 9.32. The van der Waals surface area contributed by atoms with Crippen molar-refractivity contribution in [3.8, 4) is 5.75 Å². The molecular formula is C26H22Cl2FN3O3S. The zero-order valence-corrected chi connectivity index (χ0v) is 21.5. The Balaban J connectivity index is 1.55. The van der Waals surface area contributed by atoms with Crippen molar-refractivity contribution in [3.63, 3.8) is 0 Å². The third kappa shape index (κ3) is 5.78. The van der Waals surface area contributed by atoms with Crippen molar-refractivity contribution in [2.75, 3.05) is 23.9 Å². The van der Waals surface area contributed by atoms with Crippen LogP contribution in [0.3, 0.4) is 0 Å². The van der Waals surface area contributed by atoms with E-state index >= 15 is 0 Å². The first kappa shape index (κ1) is 25.9. The highest BCUT2D eigenvalue weighted by Gasteiger charge is 2.44. The van der Waals surface area contributed by atoms with Gasteiger partial charge in [-0.15, -0.1) is 0 Å². The predicted octanol–water partition coefficient (Wildman–Crippen LogP) is 5.71. The van der Waals surface area contributed by atoms with E-state index < -0.39 is 11.9 Å². The van der Waals surface area contributed by atoms with Gasteiger partial charge in [-0.3, -0.25) is 14.5 Å². The van der Waals surface area contributed by atoms with Crippen LogP contribution in [0.5, 0.6) is 5.75 Å². The number of nitrogens with one attached hydrogen (secondary N) is 1. The number of methoxy groups -OCH3 is 1. The van der Waals surface area contributed by atoms with E-state index in [1.54, 1.807) is 48.4 Å². The number of halogens is 3. The molecule has 0 spiro atoms. The van der Waals surface area contributed by atoms with E-state index in [4.69, 9.17) is 40.2 Å².